The summed E-state index contributed by atoms with van der Waals surface area (Å²) < 4.78 is 35.1. The number of hydrogen-bond acceptors (Lipinski definition) is 10. The van der Waals surface area contributed by atoms with Crippen LogP contribution in [-0.4, -0.2) is 53.1 Å². The van der Waals surface area contributed by atoms with Gasteiger partial charge in [0.2, 0.25) is 5.88 Å². The molecule has 0 unspecified atom stereocenters. The number of pyridine rings is 3. The van der Waals surface area contributed by atoms with Crippen molar-refractivity contribution in [3.8, 4) is 5.88 Å². The topological polar surface area (TPSA) is 146 Å². The minimum absolute atomic E-state index is 0.0392. The zero-order valence-corrected chi connectivity index (χ0v) is 23.0. The van der Waals surface area contributed by atoms with Crippen LogP contribution in [0, 0.1) is 0 Å². The standard InChI is InChI=1S/C27H33N5O5S/c1-6-27(4,28)21-13-30-25(37-16-9-17(10-16)38(5,34)35)20-12-29-23(11-19(20)21)31-22-8-7-18-24(32-22)14(2)15(3)36-26(18)33/h7-8,11-17H,6,9-10,28H2,1-5H3,(H,29,31,32)/t14-,15-,16?,17?,27+/m0/s1. The first-order chi connectivity index (χ1) is 17.9. The first-order valence-corrected chi connectivity index (χ1v) is 14.8. The van der Waals surface area contributed by atoms with Crippen molar-refractivity contribution in [2.75, 3.05) is 11.6 Å². The lowest BCUT2D eigenvalue weighted by Gasteiger charge is -2.34. The molecule has 2 aliphatic rings. The van der Waals surface area contributed by atoms with E-state index in [1.807, 2.05) is 33.8 Å². The van der Waals surface area contributed by atoms with Gasteiger partial charge >= 0.3 is 5.97 Å². The van der Waals surface area contributed by atoms with Crippen LogP contribution in [0.4, 0.5) is 11.6 Å². The number of nitrogens with zero attached hydrogens (tertiary/aromatic N) is 3. The van der Waals surface area contributed by atoms with Crippen molar-refractivity contribution in [2.45, 2.75) is 75.9 Å². The number of carbonyl (C=O) groups is 1. The highest BCUT2D eigenvalue weighted by atomic mass is 32.2. The molecule has 0 bridgehead atoms. The lowest BCUT2D eigenvalue weighted by Crippen LogP contribution is -2.42. The van der Waals surface area contributed by atoms with Crippen molar-refractivity contribution in [2.24, 2.45) is 5.73 Å². The second-order valence-electron chi connectivity index (χ2n) is 10.7. The number of anilines is 2. The molecule has 38 heavy (non-hydrogen) atoms. The molecule has 1 aliphatic carbocycles. The van der Waals surface area contributed by atoms with Gasteiger partial charge in [-0.3, -0.25) is 0 Å². The van der Waals surface area contributed by atoms with Crippen LogP contribution in [0.15, 0.2) is 30.6 Å². The summed E-state index contributed by atoms with van der Waals surface area (Å²) in [5, 5.41) is 4.41. The quantitative estimate of drug-likeness (QED) is 0.423. The zero-order chi connectivity index (χ0) is 27.4. The Hall–Kier alpha value is -3.31. The molecule has 3 atom stereocenters. The Balaban J connectivity index is 1.48. The van der Waals surface area contributed by atoms with E-state index in [-0.39, 0.29) is 29.3 Å². The van der Waals surface area contributed by atoms with Crippen LogP contribution in [0.25, 0.3) is 10.8 Å². The fraction of sp³-hybridized carbons (Fsp3) is 0.481. The predicted octanol–water partition coefficient (Wildman–Crippen LogP) is 3.97. The molecule has 0 spiro atoms. The Morgan fingerprint density at radius 2 is 1.89 bits per heavy atom. The van der Waals surface area contributed by atoms with Crippen LogP contribution in [0.1, 0.15) is 74.5 Å². The number of cyclic esters (lactones) is 1. The Labute approximate surface area is 222 Å². The van der Waals surface area contributed by atoms with E-state index in [9.17, 15) is 13.2 Å². The summed E-state index contributed by atoms with van der Waals surface area (Å²) in [6, 6.07) is 5.33. The van der Waals surface area contributed by atoms with E-state index < -0.39 is 15.4 Å². The molecule has 202 valence electrons. The number of aromatic nitrogens is 3. The Morgan fingerprint density at radius 3 is 2.58 bits per heavy atom. The summed E-state index contributed by atoms with van der Waals surface area (Å²) >= 11 is 0. The molecule has 1 fully saturated rings. The summed E-state index contributed by atoms with van der Waals surface area (Å²) in [5.74, 6) is 1.11. The minimum Gasteiger partial charge on any atom is -0.474 e. The SMILES string of the molecule is CC[C@@](C)(N)c1cnc(OC2CC(S(C)(=O)=O)C2)c2cnc(Nc3ccc4c(n3)[C@@H](C)[C@H](C)OC4=O)cc12. The van der Waals surface area contributed by atoms with Gasteiger partial charge in [0.1, 0.15) is 23.8 Å². The first-order valence-electron chi connectivity index (χ1n) is 12.8. The fourth-order valence-corrected chi connectivity index (χ4v) is 5.92. The Bertz CT molecular complexity index is 1520. The van der Waals surface area contributed by atoms with Gasteiger partial charge in [0.25, 0.3) is 0 Å². The molecule has 0 radical (unpaired) electrons. The predicted molar refractivity (Wildman–Crippen MR) is 144 cm³/mol. The third kappa shape index (κ3) is 4.80. The van der Waals surface area contributed by atoms with E-state index in [0.29, 0.717) is 53.4 Å². The van der Waals surface area contributed by atoms with Crippen LogP contribution in [0.2, 0.25) is 0 Å². The summed E-state index contributed by atoms with van der Waals surface area (Å²) in [6.07, 6.45) is 5.75. The van der Waals surface area contributed by atoms with Gasteiger partial charge in [0.15, 0.2) is 9.84 Å². The fourth-order valence-electron chi connectivity index (χ4n) is 4.79. The van der Waals surface area contributed by atoms with Crippen molar-refractivity contribution in [3.05, 3.63) is 47.4 Å². The number of nitrogens with one attached hydrogen (secondary N) is 1. The molecular weight excluding hydrogens is 506 g/mol. The lowest BCUT2D eigenvalue weighted by molar-refractivity contribution is 0.0235. The van der Waals surface area contributed by atoms with Gasteiger partial charge in [-0.15, -0.1) is 0 Å². The second-order valence-corrected chi connectivity index (χ2v) is 13.0. The number of nitrogens with two attached hydrogens (primary N) is 1. The number of hydrogen-bond donors (Lipinski definition) is 2. The summed E-state index contributed by atoms with van der Waals surface area (Å²) in [7, 11) is -3.08. The van der Waals surface area contributed by atoms with Gasteiger partial charge in [0.05, 0.1) is 21.9 Å². The summed E-state index contributed by atoms with van der Waals surface area (Å²) in [5.41, 5.74) is 8.00. The highest BCUT2D eigenvalue weighted by Gasteiger charge is 2.38. The van der Waals surface area contributed by atoms with Gasteiger partial charge < -0.3 is 20.5 Å². The van der Waals surface area contributed by atoms with Gasteiger partial charge in [-0.25, -0.2) is 28.2 Å². The average Bonchev–Trinajstić information content (AvgIpc) is 2.83. The molecule has 5 rings (SSSR count). The number of carbonyl (C=O) groups excluding carboxylic acids is 1. The van der Waals surface area contributed by atoms with E-state index in [1.165, 1.54) is 6.26 Å². The highest BCUT2D eigenvalue weighted by Crippen LogP contribution is 2.37. The van der Waals surface area contributed by atoms with Crippen molar-refractivity contribution in [1.82, 2.24) is 15.0 Å². The summed E-state index contributed by atoms with van der Waals surface area (Å²) in [6.45, 7) is 7.80. The van der Waals surface area contributed by atoms with Crippen molar-refractivity contribution < 1.29 is 22.7 Å². The number of ether oxygens (including phenoxy) is 2. The normalized spacial score (nSPS) is 24.6. The highest BCUT2D eigenvalue weighted by molar-refractivity contribution is 7.91. The molecule has 3 aromatic rings. The number of fused-ring (bicyclic) bond motifs is 2. The number of esters is 1. The molecule has 1 aliphatic heterocycles. The maximum absolute atomic E-state index is 12.3. The average molecular weight is 540 g/mol. The van der Waals surface area contributed by atoms with E-state index >= 15 is 0 Å². The van der Waals surface area contributed by atoms with Crippen LogP contribution < -0.4 is 15.8 Å². The van der Waals surface area contributed by atoms with Gasteiger partial charge in [-0.05, 0) is 49.4 Å². The largest absolute Gasteiger partial charge is 0.474 e. The lowest BCUT2D eigenvalue weighted by atomic mass is 9.88. The molecule has 0 saturated heterocycles. The van der Waals surface area contributed by atoms with Crippen molar-refractivity contribution >= 4 is 38.2 Å². The monoisotopic (exact) mass is 539 g/mol. The van der Waals surface area contributed by atoms with E-state index in [2.05, 4.69) is 15.3 Å². The maximum atomic E-state index is 12.3. The molecule has 3 aromatic heterocycles. The molecule has 4 heterocycles. The Kier molecular flexibility index (Phi) is 6.55. The van der Waals surface area contributed by atoms with E-state index in [0.717, 1.165) is 10.9 Å². The van der Waals surface area contributed by atoms with E-state index in [1.54, 1.807) is 24.5 Å². The minimum atomic E-state index is -3.08. The van der Waals surface area contributed by atoms with Gasteiger partial charge in [-0.2, -0.15) is 0 Å². The molecule has 3 N–H and O–H groups in total. The van der Waals surface area contributed by atoms with Crippen LogP contribution in [0.5, 0.6) is 5.88 Å². The van der Waals surface area contributed by atoms with Gasteiger partial charge in [-0.1, -0.05) is 13.8 Å². The molecule has 0 amide bonds. The smallest absolute Gasteiger partial charge is 0.340 e. The third-order valence-corrected chi connectivity index (χ3v) is 9.45. The van der Waals surface area contributed by atoms with Crippen molar-refractivity contribution in [3.63, 3.8) is 0 Å². The second kappa shape index (κ2) is 9.46. The number of sulfone groups is 1. The molecular formula is C27H33N5O5S. The van der Waals surface area contributed by atoms with Crippen LogP contribution >= 0.6 is 0 Å². The summed E-state index contributed by atoms with van der Waals surface area (Å²) in [4.78, 5) is 26.1. The maximum Gasteiger partial charge on any atom is 0.340 e. The van der Waals surface area contributed by atoms with Crippen LogP contribution in [0.3, 0.4) is 0 Å². The van der Waals surface area contributed by atoms with E-state index in [4.69, 9.17) is 20.2 Å². The molecule has 10 nitrogen and oxygen atoms in total. The molecule has 0 aromatic carbocycles. The first kappa shape index (κ1) is 26.3. The Morgan fingerprint density at radius 1 is 1.16 bits per heavy atom. The van der Waals surface area contributed by atoms with Crippen LogP contribution in [-0.2, 0) is 20.1 Å². The third-order valence-electron chi connectivity index (χ3n) is 7.85. The molecule has 11 heteroatoms. The van der Waals surface area contributed by atoms with Gasteiger partial charge in [0, 0.05) is 42.9 Å². The van der Waals surface area contributed by atoms with Crippen molar-refractivity contribution in [1.29, 1.82) is 0 Å². The zero-order valence-electron chi connectivity index (χ0n) is 22.2. The number of rotatable bonds is 7. The molecule has 1 saturated carbocycles.